The molecule has 24 heavy (non-hydrogen) atoms. The van der Waals surface area contributed by atoms with E-state index < -0.39 is 0 Å². The van der Waals surface area contributed by atoms with Crippen molar-refractivity contribution in [2.24, 2.45) is 0 Å². The van der Waals surface area contributed by atoms with Gasteiger partial charge in [0.25, 0.3) is 0 Å². The Balaban J connectivity index is 1.78. The minimum atomic E-state index is 0.0830. The lowest BCUT2D eigenvalue weighted by Crippen LogP contribution is -2.45. The minimum absolute atomic E-state index is 0.0830. The maximum Gasteiger partial charge on any atom is 0.222 e. The van der Waals surface area contributed by atoms with E-state index in [1.54, 1.807) is 0 Å². The SMILES string of the molecule is CCC(=O)N1CCO[C@@H](CC(c2ccccc2)c2ccccc2)C1. The molecule has 1 fully saturated rings. The molecular formula is C21H25NO2. The summed E-state index contributed by atoms with van der Waals surface area (Å²) >= 11 is 0. The second-order valence-electron chi connectivity index (χ2n) is 6.30. The van der Waals surface area contributed by atoms with Gasteiger partial charge < -0.3 is 9.64 Å². The van der Waals surface area contributed by atoms with E-state index in [2.05, 4.69) is 48.5 Å². The van der Waals surface area contributed by atoms with Crippen LogP contribution in [0.2, 0.25) is 0 Å². The fraction of sp³-hybridized carbons (Fsp3) is 0.381. The summed E-state index contributed by atoms with van der Waals surface area (Å²) in [6.07, 6.45) is 1.54. The molecule has 1 amide bonds. The summed E-state index contributed by atoms with van der Waals surface area (Å²) in [6.45, 7) is 3.96. The number of rotatable bonds is 5. The highest BCUT2D eigenvalue weighted by atomic mass is 16.5. The van der Waals surface area contributed by atoms with Gasteiger partial charge in [-0.25, -0.2) is 0 Å². The highest BCUT2D eigenvalue weighted by molar-refractivity contribution is 5.75. The van der Waals surface area contributed by atoms with Gasteiger partial charge in [0, 0.05) is 25.4 Å². The molecule has 0 N–H and O–H groups in total. The molecule has 2 aromatic carbocycles. The van der Waals surface area contributed by atoms with Crippen LogP contribution in [0.15, 0.2) is 60.7 Å². The lowest BCUT2D eigenvalue weighted by molar-refractivity contribution is -0.138. The van der Waals surface area contributed by atoms with Gasteiger partial charge >= 0.3 is 0 Å². The lowest BCUT2D eigenvalue weighted by atomic mass is 9.86. The third-order valence-corrected chi connectivity index (χ3v) is 4.70. The highest BCUT2D eigenvalue weighted by Crippen LogP contribution is 2.30. The molecule has 0 saturated carbocycles. The standard InChI is InChI=1S/C21H25NO2/c1-2-21(23)22-13-14-24-19(16-22)15-20(17-9-5-3-6-10-17)18-11-7-4-8-12-18/h3-12,19-20H,2,13-16H2,1H3/t19-/m0/s1. The number of amides is 1. The zero-order valence-electron chi connectivity index (χ0n) is 14.2. The van der Waals surface area contributed by atoms with Crippen LogP contribution in [-0.2, 0) is 9.53 Å². The Bertz CT molecular complexity index is 602. The maximum absolute atomic E-state index is 12.0. The van der Waals surface area contributed by atoms with Crippen molar-refractivity contribution in [2.45, 2.75) is 31.8 Å². The van der Waals surface area contributed by atoms with Gasteiger partial charge in [-0.1, -0.05) is 67.6 Å². The number of carbonyl (C=O) groups excluding carboxylic acids is 1. The Hall–Kier alpha value is -2.13. The smallest absolute Gasteiger partial charge is 0.222 e. The topological polar surface area (TPSA) is 29.5 Å². The fourth-order valence-corrected chi connectivity index (χ4v) is 3.41. The van der Waals surface area contributed by atoms with E-state index in [0.717, 1.165) is 6.42 Å². The first-order valence-corrected chi connectivity index (χ1v) is 8.77. The summed E-state index contributed by atoms with van der Waals surface area (Å²) in [5.74, 6) is 0.508. The maximum atomic E-state index is 12.0. The van der Waals surface area contributed by atoms with Crippen LogP contribution < -0.4 is 0 Å². The van der Waals surface area contributed by atoms with E-state index in [1.165, 1.54) is 11.1 Å². The molecule has 0 aliphatic carbocycles. The normalized spacial score (nSPS) is 17.9. The van der Waals surface area contributed by atoms with Crippen molar-refractivity contribution in [1.29, 1.82) is 0 Å². The average Bonchev–Trinajstić information content (AvgIpc) is 2.67. The van der Waals surface area contributed by atoms with Gasteiger partial charge in [-0.2, -0.15) is 0 Å². The molecule has 2 aromatic rings. The molecule has 1 heterocycles. The molecule has 1 saturated heterocycles. The molecular weight excluding hydrogens is 298 g/mol. The second-order valence-corrected chi connectivity index (χ2v) is 6.30. The molecule has 0 spiro atoms. The van der Waals surface area contributed by atoms with Gasteiger partial charge in [0.2, 0.25) is 5.91 Å². The Morgan fingerprint density at radius 1 is 1.08 bits per heavy atom. The molecule has 0 bridgehead atoms. The van der Waals surface area contributed by atoms with Crippen LogP contribution in [0.3, 0.4) is 0 Å². The van der Waals surface area contributed by atoms with E-state index in [4.69, 9.17) is 4.74 Å². The third kappa shape index (κ3) is 4.04. The number of morpholine rings is 1. The first-order valence-electron chi connectivity index (χ1n) is 8.77. The molecule has 1 aliphatic rings. The van der Waals surface area contributed by atoms with Crippen molar-refractivity contribution >= 4 is 5.91 Å². The van der Waals surface area contributed by atoms with E-state index in [-0.39, 0.29) is 17.9 Å². The Kier molecular flexibility index (Phi) is 5.65. The Morgan fingerprint density at radius 3 is 2.21 bits per heavy atom. The molecule has 3 heteroatoms. The number of hydrogen-bond acceptors (Lipinski definition) is 2. The van der Waals surface area contributed by atoms with E-state index >= 15 is 0 Å². The fourth-order valence-electron chi connectivity index (χ4n) is 3.41. The van der Waals surface area contributed by atoms with Crippen LogP contribution in [0.1, 0.15) is 36.8 Å². The van der Waals surface area contributed by atoms with Crippen LogP contribution in [-0.4, -0.2) is 36.6 Å². The molecule has 3 nitrogen and oxygen atoms in total. The predicted octanol–water partition coefficient (Wildman–Crippen LogP) is 3.85. The van der Waals surface area contributed by atoms with E-state index in [9.17, 15) is 4.79 Å². The molecule has 0 aromatic heterocycles. The molecule has 1 atom stereocenters. The zero-order valence-corrected chi connectivity index (χ0v) is 14.2. The van der Waals surface area contributed by atoms with Gasteiger partial charge in [-0.15, -0.1) is 0 Å². The molecule has 3 rings (SSSR count). The summed E-state index contributed by atoms with van der Waals surface area (Å²) in [7, 11) is 0. The summed E-state index contributed by atoms with van der Waals surface area (Å²) in [5.41, 5.74) is 2.59. The number of ether oxygens (including phenoxy) is 1. The monoisotopic (exact) mass is 323 g/mol. The number of nitrogens with zero attached hydrogens (tertiary/aromatic N) is 1. The van der Waals surface area contributed by atoms with Gasteiger partial charge in [-0.05, 0) is 17.5 Å². The van der Waals surface area contributed by atoms with Crippen molar-refractivity contribution in [1.82, 2.24) is 4.90 Å². The molecule has 0 radical (unpaired) electrons. The summed E-state index contributed by atoms with van der Waals surface area (Å²) < 4.78 is 5.98. The van der Waals surface area contributed by atoms with Crippen molar-refractivity contribution in [3.8, 4) is 0 Å². The molecule has 1 aliphatic heterocycles. The predicted molar refractivity (Wildman–Crippen MR) is 96.0 cm³/mol. The largest absolute Gasteiger partial charge is 0.375 e. The first kappa shape index (κ1) is 16.7. The van der Waals surface area contributed by atoms with Crippen LogP contribution in [0.4, 0.5) is 0 Å². The lowest BCUT2D eigenvalue weighted by Gasteiger charge is -2.35. The molecule has 0 unspecified atom stereocenters. The van der Waals surface area contributed by atoms with Gasteiger partial charge in [-0.3, -0.25) is 4.79 Å². The summed E-state index contributed by atoms with van der Waals surface area (Å²) in [6, 6.07) is 21.1. The Morgan fingerprint density at radius 2 is 1.67 bits per heavy atom. The van der Waals surface area contributed by atoms with E-state index in [0.29, 0.717) is 26.1 Å². The van der Waals surface area contributed by atoms with Crippen LogP contribution >= 0.6 is 0 Å². The zero-order chi connectivity index (χ0) is 16.8. The van der Waals surface area contributed by atoms with Crippen molar-refractivity contribution in [2.75, 3.05) is 19.7 Å². The summed E-state index contributed by atoms with van der Waals surface area (Å²) in [5, 5.41) is 0. The van der Waals surface area contributed by atoms with Gasteiger partial charge in [0.05, 0.1) is 12.7 Å². The van der Waals surface area contributed by atoms with Crippen LogP contribution in [0.25, 0.3) is 0 Å². The Labute approximate surface area is 144 Å². The summed E-state index contributed by atoms with van der Waals surface area (Å²) in [4.78, 5) is 14.0. The van der Waals surface area contributed by atoms with Crippen LogP contribution in [0.5, 0.6) is 0 Å². The average molecular weight is 323 g/mol. The number of benzene rings is 2. The van der Waals surface area contributed by atoms with Crippen molar-refractivity contribution in [3.63, 3.8) is 0 Å². The van der Waals surface area contributed by atoms with Gasteiger partial charge in [0.15, 0.2) is 0 Å². The van der Waals surface area contributed by atoms with Crippen molar-refractivity contribution in [3.05, 3.63) is 71.8 Å². The number of hydrogen-bond donors (Lipinski definition) is 0. The van der Waals surface area contributed by atoms with Gasteiger partial charge in [0.1, 0.15) is 0 Å². The van der Waals surface area contributed by atoms with Crippen molar-refractivity contribution < 1.29 is 9.53 Å². The third-order valence-electron chi connectivity index (χ3n) is 4.70. The molecule has 126 valence electrons. The highest BCUT2D eigenvalue weighted by Gasteiger charge is 2.27. The second kappa shape index (κ2) is 8.11. The number of carbonyl (C=O) groups is 1. The van der Waals surface area contributed by atoms with Crippen LogP contribution in [0, 0.1) is 0 Å². The van der Waals surface area contributed by atoms with E-state index in [1.807, 2.05) is 24.0 Å². The minimum Gasteiger partial charge on any atom is -0.375 e. The first-order chi connectivity index (χ1) is 11.8. The quantitative estimate of drug-likeness (QED) is 0.836.